The van der Waals surface area contributed by atoms with Crippen LogP contribution in [-0.4, -0.2) is 5.78 Å². The molecule has 0 saturated heterocycles. The SMILES string of the molecule is CC.CC.CC1(C)[CH-]Cc2ccccc2C2=C1c1ccccc1CC2=O.[U]. The number of Topliss-reactive ketones (excluding diaryl/α,β-unsaturated/α-hetero) is 1. The van der Waals surface area contributed by atoms with E-state index in [2.05, 4.69) is 56.7 Å². The molecule has 27 heavy (non-hydrogen) atoms. The molecule has 0 amide bonds. The van der Waals surface area contributed by atoms with Crippen molar-refractivity contribution < 1.29 is 35.9 Å². The summed E-state index contributed by atoms with van der Waals surface area (Å²) in [6.45, 7) is 12.5. The second-order valence-corrected chi connectivity index (χ2v) is 6.79. The van der Waals surface area contributed by atoms with Crippen LogP contribution in [0.1, 0.15) is 63.8 Å². The number of hydrogen-bond donors (Lipinski definition) is 0. The summed E-state index contributed by atoms with van der Waals surface area (Å²) in [5, 5.41) is 0. The van der Waals surface area contributed by atoms with Gasteiger partial charge in [-0.2, -0.15) is 6.42 Å². The van der Waals surface area contributed by atoms with Gasteiger partial charge in [0.05, 0.1) is 0 Å². The van der Waals surface area contributed by atoms with Crippen LogP contribution in [0.5, 0.6) is 0 Å². The molecule has 2 heteroatoms. The molecule has 0 N–H and O–H groups in total. The third-order valence-corrected chi connectivity index (χ3v) is 4.93. The standard InChI is InChI=1S/C21H19O.2C2H6.U/c1-21(2)12-11-14-7-3-5-9-16(14)19-18(22)13-15-8-4-6-10-17(15)20(19)21;2*1-2;/h3-10,12H,11,13H2,1-2H3;2*1-2H3;/q-1;;;. The van der Waals surface area contributed by atoms with E-state index in [0.29, 0.717) is 6.42 Å². The van der Waals surface area contributed by atoms with Crippen LogP contribution in [0.2, 0.25) is 0 Å². The molecule has 0 heterocycles. The van der Waals surface area contributed by atoms with Crippen molar-refractivity contribution in [3.05, 3.63) is 77.2 Å². The first kappa shape index (κ1) is 23.9. The van der Waals surface area contributed by atoms with E-state index >= 15 is 0 Å². The molecule has 0 spiro atoms. The van der Waals surface area contributed by atoms with Gasteiger partial charge in [0.15, 0.2) is 5.78 Å². The minimum absolute atomic E-state index is 0. The van der Waals surface area contributed by atoms with Gasteiger partial charge >= 0.3 is 0 Å². The molecule has 0 bridgehead atoms. The van der Waals surface area contributed by atoms with Crippen LogP contribution in [0.4, 0.5) is 0 Å². The quantitative estimate of drug-likeness (QED) is 0.320. The largest absolute Gasteiger partial charge is 0.314 e. The molecule has 0 unspecified atom stereocenters. The van der Waals surface area contributed by atoms with E-state index in [-0.39, 0.29) is 42.3 Å². The van der Waals surface area contributed by atoms with Crippen LogP contribution >= 0.6 is 0 Å². The van der Waals surface area contributed by atoms with Gasteiger partial charge in [-0.3, -0.25) is 4.79 Å². The molecule has 2 aromatic carbocycles. The van der Waals surface area contributed by atoms with Gasteiger partial charge < -0.3 is 6.42 Å². The fourth-order valence-corrected chi connectivity index (χ4v) is 3.82. The van der Waals surface area contributed by atoms with Crippen LogP contribution < -0.4 is 0 Å². The van der Waals surface area contributed by atoms with Crippen LogP contribution in [0.3, 0.4) is 0 Å². The Morgan fingerprint density at radius 1 is 0.815 bits per heavy atom. The first-order valence-electron chi connectivity index (χ1n) is 9.87. The normalized spacial score (nSPS) is 16.0. The smallest absolute Gasteiger partial charge is 0.168 e. The molecule has 2 aliphatic rings. The summed E-state index contributed by atoms with van der Waals surface area (Å²) in [6, 6.07) is 16.7. The fourth-order valence-electron chi connectivity index (χ4n) is 3.82. The second kappa shape index (κ2) is 10.4. The number of benzene rings is 2. The molecule has 2 aliphatic carbocycles. The van der Waals surface area contributed by atoms with Gasteiger partial charge in [-0.25, -0.2) is 0 Å². The Bertz CT molecular complexity index is 815. The topological polar surface area (TPSA) is 17.1 Å². The Morgan fingerprint density at radius 2 is 1.33 bits per heavy atom. The van der Waals surface area contributed by atoms with E-state index in [0.717, 1.165) is 23.1 Å². The summed E-state index contributed by atoms with van der Waals surface area (Å²) in [6.07, 6.45) is 3.77. The second-order valence-electron chi connectivity index (χ2n) is 6.79. The molecular weight excluding hydrogens is 554 g/mol. The van der Waals surface area contributed by atoms with E-state index in [4.69, 9.17) is 0 Å². The number of hydrogen-bond acceptors (Lipinski definition) is 1. The van der Waals surface area contributed by atoms with Gasteiger partial charge in [-0.15, -0.1) is 5.41 Å². The number of carbonyl (C=O) groups is 1. The third kappa shape index (κ3) is 4.67. The zero-order chi connectivity index (χ0) is 19.3. The molecule has 0 aromatic heterocycles. The van der Waals surface area contributed by atoms with Crippen LogP contribution in [0.25, 0.3) is 11.1 Å². The van der Waals surface area contributed by atoms with E-state index in [1.165, 1.54) is 16.7 Å². The summed E-state index contributed by atoms with van der Waals surface area (Å²) in [7, 11) is 0. The molecule has 0 fully saturated rings. The Labute approximate surface area is 189 Å². The Hall–Kier alpha value is -1.10. The van der Waals surface area contributed by atoms with Crippen molar-refractivity contribution in [2.45, 2.75) is 54.4 Å². The van der Waals surface area contributed by atoms with Crippen molar-refractivity contribution in [2.75, 3.05) is 0 Å². The molecule has 0 radical (unpaired) electrons. The number of fused-ring (bicyclic) bond motifs is 4. The van der Waals surface area contributed by atoms with E-state index in [1.807, 2.05) is 39.8 Å². The van der Waals surface area contributed by atoms with Gasteiger partial charge in [-0.05, 0) is 16.7 Å². The maximum atomic E-state index is 12.9. The summed E-state index contributed by atoms with van der Waals surface area (Å²) < 4.78 is 0. The average Bonchev–Trinajstić information content (AvgIpc) is 2.80. The number of carbonyl (C=O) groups excluding carboxylic acids is 1. The summed E-state index contributed by atoms with van der Waals surface area (Å²) >= 11 is 0. The van der Waals surface area contributed by atoms with Crippen molar-refractivity contribution in [2.24, 2.45) is 5.41 Å². The Morgan fingerprint density at radius 3 is 1.96 bits per heavy atom. The zero-order valence-corrected chi connectivity index (χ0v) is 21.7. The number of allylic oxidation sites excluding steroid dienone is 2. The maximum Gasteiger partial charge on any atom is 0.168 e. The molecular formula is C25H31OU-. The van der Waals surface area contributed by atoms with Crippen molar-refractivity contribution >= 4 is 16.9 Å². The van der Waals surface area contributed by atoms with Crippen LogP contribution in [0.15, 0.2) is 48.5 Å². The van der Waals surface area contributed by atoms with Crippen molar-refractivity contribution in [3.63, 3.8) is 0 Å². The Kier molecular flexibility index (Phi) is 9.26. The average molecular weight is 586 g/mol. The summed E-state index contributed by atoms with van der Waals surface area (Å²) in [5.41, 5.74) is 6.81. The minimum Gasteiger partial charge on any atom is -0.314 e. The molecule has 0 saturated carbocycles. The predicted octanol–water partition coefficient (Wildman–Crippen LogP) is 6.56. The summed E-state index contributed by atoms with van der Waals surface area (Å²) in [4.78, 5) is 12.9. The zero-order valence-electron chi connectivity index (χ0n) is 17.5. The maximum absolute atomic E-state index is 12.9. The first-order chi connectivity index (χ1) is 12.6. The van der Waals surface area contributed by atoms with Crippen LogP contribution in [-0.2, 0) is 17.6 Å². The molecule has 1 nitrogen and oxygen atoms in total. The van der Waals surface area contributed by atoms with Crippen molar-refractivity contribution in [1.29, 1.82) is 0 Å². The van der Waals surface area contributed by atoms with Crippen molar-refractivity contribution in [3.8, 4) is 0 Å². The Balaban J connectivity index is 0.000000686. The third-order valence-electron chi connectivity index (χ3n) is 4.93. The van der Waals surface area contributed by atoms with Crippen molar-refractivity contribution in [1.82, 2.24) is 0 Å². The molecule has 2 aromatic rings. The molecule has 142 valence electrons. The van der Waals surface area contributed by atoms with Gasteiger partial charge in [0.25, 0.3) is 0 Å². The summed E-state index contributed by atoms with van der Waals surface area (Å²) in [5.74, 6) is 0.254. The van der Waals surface area contributed by atoms with E-state index < -0.39 is 0 Å². The van der Waals surface area contributed by atoms with E-state index in [9.17, 15) is 4.79 Å². The molecule has 0 atom stereocenters. The minimum atomic E-state index is -0.111. The van der Waals surface area contributed by atoms with Crippen LogP contribution in [0, 0.1) is 42.9 Å². The molecule has 0 aliphatic heterocycles. The van der Waals surface area contributed by atoms with Gasteiger partial charge in [0.2, 0.25) is 0 Å². The molecule has 4 rings (SSSR count). The number of rotatable bonds is 0. The van der Waals surface area contributed by atoms with Gasteiger partial charge in [0.1, 0.15) is 0 Å². The monoisotopic (exact) mass is 585 g/mol. The first-order valence-corrected chi connectivity index (χ1v) is 9.87. The van der Waals surface area contributed by atoms with E-state index in [1.54, 1.807) is 0 Å². The fraction of sp³-hybridized carbons (Fsp3) is 0.360. The van der Waals surface area contributed by atoms with Gasteiger partial charge in [0, 0.05) is 43.1 Å². The van der Waals surface area contributed by atoms with Gasteiger partial charge in [-0.1, -0.05) is 101 Å². The predicted molar refractivity (Wildman–Crippen MR) is 113 cm³/mol. The number of ketones is 1.